The molecule has 0 spiro atoms. The van der Waals surface area contributed by atoms with Gasteiger partial charge in [-0.25, -0.2) is 4.79 Å². The maximum atomic E-state index is 10.8. The Morgan fingerprint density at radius 3 is 2.09 bits per heavy atom. The number of aromatic nitrogens is 2. The lowest BCUT2D eigenvalue weighted by molar-refractivity contribution is 0.824. The van der Waals surface area contributed by atoms with E-state index in [0.29, 0.717) is 11.3 Å². The predicted molar refractivity (Wildman–Crippen MR) is 40.8 cm³/mol. The molecule has 1 heterocycles. The molecular weight excluding hydrogens is 148 g/mol. The summed E-state index contributed by atoms with van der Waals surface area (Å²) in [5, 5.41) is 0. The lowest BCUT2D eigenvalue weighted by Crippen LogP contribution is -2.25. The van der Waals surface area contributed by atoms with Gasteiger partial charge in [-0.1, -0.05) is 0 Å². The minimum atomic E-state index is -0.451. The first-order valence-electron chi connectivity index (χ1n) is 2.91. The Labute approximate surface area is 62.4 Å². The Balaban J connectivity index is 0.000001000. The van der Waals surface area contributed by atoms with E-state index in [1.807, 2.05) is 0 Å². The van der Waals surface area contributed by atoms with Crippen molar-refractivity contribution in [1.29, 1.82) is 0 Å². The van der Waals surface area contributed by atoms with Crippen molar-refractivity contribution >= 4 is 0 Å². The molecule has 0 aromatic carbocycles. The zero-order valence-corrected chi connectivity index (χ0v) is 6.32. The lowest BCUT2D eigenvalue weighted by Gasteiger charge is -1.93. The van der Waals surface area contributed by atoms with Crippen molar-refractivity contribution in [2.45, 2.75) is 13.8 Å². The summed E-state index contributed by atoms with van der Waals surface area (Å²) in [6.45, 7) is 3.34. The molecule has 0 aliphatic carbocycles. The molecular formula is C6H10N2O3. The van der Waals surface area contributed by atoms with Crippen molar-refractivity contribution in [3.05, 3.63) is 32.1 Å². The second-order valence-corrected chi connectivity index (χ2v) is 2.16. The quantitative estimate of drug-likeness (QED) is 0.498. The molecule has 0 radical (unpaired) electrons. The summed E-state index contributed by atoms with van der Waals surface area (Å²) in [4.78, 5) is 25.9. The topological polar surface area (TPSA) is 97.2 Å². The first-order chi connectivity index (χ1) is 4.61. The SMILES string of the molecule is Cc1[nH]c(=O)[nH]c(=O)c1C.O. The van der Waals surface area contributed by atoms with Crippen LogP contribution in [0.2, 0.25) is 0 Å². The summed E-state index contributed by atoms with van der Waals surface area (Å²) in [5.41, 5.74) is 0.405. The predicted octanol–water partition coefficient (Wildman–Crippen LogP) is -1.14. The highest BCUT2D eigenvalue weighted by atomic mass is 16.2. The zero-order valence-electron chi connectivity index (χ0n) is 6.32. The van der Waals surface area contributed by atoms with Gasteiger partial charge in [0, 0.05) is 11.3 Å². The minimum absolute atomic E-state index is 0. The van der Waals surface area contributed by atoms with E-state index in [4.69, 9.17) is 0 Å². The fourth-order valence-corrected chi connectivity index (χ4v) is 0.662. The van der Waals surface area contributed by atoms with Crippen LogP contribution < -0.4 is 11.2 Å². The van der Waals surface area contributed by atoms with Gasteiger partial charge in [0.2, 0.25) is 0 Å². The summed E-state index contributed by atoms with van der Waals surface area (Å²) < 4.78 is 0. The second-order valence-electron chi connectivity index (χ2n) is 2.16. The highest BCUT2D eigenvalue weighted by Crippen LogP contribution is 1.88. The van der Waals surface area contributed by atoms with Gasteiger partial charge < -0.3 is 10.5 Å². The van der Waals surface area contributed by atoms with Gasteiger partial charge in [0.05, 0.1) is 0 Å². The van der Waals surface area contributed by atoms with Gasteiger partial charge in [-0.2, -0.15) is 0 Å². The van der Waals surface area contributed by atoms with E-state index >= 15 is 0 Å². The number of nitrogens with one attached hydrogen (secondary N) is 2. The van der Waals surface area contributed by atoms with E-state index in [-0.39, 0.29) is 11.0 Å². The van der Waals surface area contributed by atoms with Crippen molar-refractivity contribution in [3.63, 3.8) is 0 Å². The average molecular weight is 158 g/mol. The van der Waals surface area contributed by atoms with Crippen LogP contribution in [0.3, 0.4) is 0 Å². The van der Waals surface area contributed by atoms with Crippen molar-refractivity contribution in [3.8, 4) is 0 Å². The number of hydrogen-bond donors (Lipinski definition) is 2. The second kappa shape index (κ2) is 3.16. The molecule has 62 valence electrons. The normalized spacial score (nSPS) is 8.91. The van der Waals surface area contributed by atoms with Crippen molar-refractivity contribution in [2.24, 2.45) is 0 Å². The summed E-state index contributed by atoms with van der Waals surface area (Å²) in [7, 11) is 0. The highest BCUT2D eigenvalue weighted by Gasteiger charge is 1.96. The van der Waals surface area contributed by atoms with Crippen LogP contribution in [0.15, 0.2) is 9.59 Å². The third-order valence-corrected chi connectivity index (χ3v) is 1.43. The highest BCUT2D eigenvalue weighted by molar-refractivity contribution is 5.11. The zero-order chi connectivity index (χ0) is 7.72. The fraction of sp³-hybridized carbons (Fsp3) is 0.333. The first-order valence-corrected chi connectivity index (χ1v) is 2.91. The van der Waals surface area contributed by atoms with Gasteiger partial charge in [-0.15, -0.1) is 0 Å². The maximum absolute atomic E-state index is 10.8. The van der Waals surface area contributed by atoms with E-state index in [0.717, 1.165) is 0 Å². The van der Waals surface area contributed by atoms with Gasteiger partial charge in [0.25, 0.3) is 5.56 Å². The molecule has 0 aliphatic rings. The molecule has 0 saturated heterocycles. The van der Waals surface area contributed by atoms with Crippen LogP contribution in [-0.4, -0.2) is 15.4 Å². The number of H-pyrrole nitrogens is 2. The summed E-state index contributed by atoms with van der Waals surface area (Å²) >= 11 is 0. The standard InChI is InChI=1S/C6H8N2O2.H2O/c1-3-4(2)7-6(10)8-5(3)9;/h1-2H3,(H2,7,8,9,10);1H2. The van der Waals surface area contributed by atoms with E-state index in [1.165, 1.54) is 0 Å². The molecule has 5 nitrogen and oxygen atoms in total. The molecule has 1 aromatic heterocycles. The van der Waals surface area contributed by atoms with Crippen molar-refractivity contribution < 1.29 is 5.48 Å². The minimum Gasteiger partial charge on any atom is -0.412 e. The van der Waals surface area contributed by atoms with E-state index in [2.05, 4.69) is 9.97 Å². The summed E-state index contributed by atoms with van der Waals surface area (Å²) in [5.74, 6) is 0. The fourth-order valence-electron chi connectivity index (χ4n) is 0.662. The van der Waals surface area contributed by atoms with Crippen molar-refractivity contribution in [1.82, 2.24) is 9.97 Å². The van der Waals surface area contributed by atoms with Gasteiger partial charge in [-0.05, 0) is 13.8 Å². The molecule has 0 saturated carbocycles. The average Bonchev–Trinajstić information content (AvgIpc) is 1.82. The molecule has 0 amide bonds. The van der Waals surface area contributed by atoms with E-state index in [1.54, 1.807) is 13.8 Å². The Morgan fingerprint density at radius 2 is 1.64 bits per heavy atom. The smallest absolute Gasteiger partial charge is 0.325 e. The Hall–Kier alpha value is -1.36. The monoisotopic (exact) mass is 158 g/mol. The third-order valence-electron chi connectivity index (χ3n) is 1.43. The molecule has 4 N–H and O–H groups in total. The Morgan fingerprint density at radius 1 is 1.09 bits per heavy atom. The van der Waals surface area contributed by atoms with Gasteiger partial charge >= 0.3 is 5.69 Å². The van der Waals surface area contributed by atoms with Gasteiger partial charge in [0.1, 0.15) is 0 Å². The maximum Gasteiger partial charge on any atom is 0.325 e. The van der Waals surface area contributed by atoms with Crippen LogP contribution in [-0.2, 0) is 0 Å². The number of aryl methyl sites for hydroxylation is 1. The molecule has 1 aromatic rings. The number of rotatable bonds is 0. The van der Waals surface area contributed by atoms with Crippen LogP contribution in [0.5, 0.6) is 0 Å². The summed E-state index contributed by atoms with van der Waals surface area (Å²) in [6.07, 6.45) is 0. The molecule has 0 unspecified atom stereocenters. The molecule has 0 atom stereocenters. The van der Waals surface area contributed by atoms with Crippen molar-refractivity contribution in [2.75, 3.05) is 0 Å². The summed E-state index contributed by atoms with van der Waals surface area (Å²) in [6, 6.07) is 0. The number of hydrogen-bond acceptors (Lipinski definition) is 2. The molecule has 0 aliphatic heterocycles. The molecule has 11 heavy (non-hydrogen) atoms. The van der Waals surface area contributed by atoms with E-state index in [9.17, 15) is 9.59 Å². The molecule has 0 bridgehead atoms. The van der Waals surface area contributed by atoms with Crippen LogP contribution in [0, 0.1) is 13.8 Å². The third kappa shape index (κ3) is 1.78. The van der Waals surface area contributed by atoms with Gasteiger partial charge in [0.15, 0.2) is 0 Å². The van der Waals surface area contributed by atoms with Crippen LogP contribution in [0.25, 0.3) is 0 Å². The van der Waals surface area contributed by atoms with Gasteiger partial charge in [-0.3, -0.25) is 9.78 Å². The Bertz CT molecular complexity index is 350. The van der Waals surface area contributed by atoms with Crippen LogP contribution in [0.1, 0.15) is 11.3 Å². The first kappa shape index (κ1) is 9.64. The Kier molecular flexibility index (Phi) is 2.77. The number of aromatic amines is 2. The van der Waals surface area contributed by atoms with Crippen LogP contribution in [0.4, 0.5) is 0 Å². The molecule has 0 fully saturated rings. The van der Waals surface area contributed by atoms with Crippen LogP contribution >= 0.6 is 0 Å². The van der Waals surface area contributed by atoms with E-state index < -0.39 is 5.69 Å². The molecule has 5 heteroatoms. The lowest BCUT2D eigenvalue weighted by atomic mass is 10.3. The largest absolute Gasteiger partial charge is 0.412 e. The molecule has 1 rings (SSSR count).